The Balaban J connectivity index is 1.71. The Labute approximate surface area is 103 Å². The summed E-state index contributed by atoms with van der Waals surface area (Å²) in [5.41, 5.74) is 1.44. The summed E-state index contributed by atoms with van der Waals surface area (Å²) in [6, 6.07) is 2.98. The van der Waals surface area contributed by atoms with Crippen LogP contribution in [0.2, 0.25) is 0 Å². The van der Waals surface area contributed by atoms with Gasteiger partial charge in [0.2, 0.25) is 0 Å². The van der Waals surface area contributed by atoms with E-state index in [0.717, 1.165) is 12.6 Å². The predicted molar refractivity (Wildman–Crippen MR) is 71.0 cm³/mol. The molecule has 1 atom stereocenters. The number of rotatable bonds is 5. The molecule has 1 unspecified atom stereocenters. The molecule has 1 saturated heterocycles. The fraction of sp³-hybridized carbons (Fsp3) is 0.692. The lowest BCUT2D eigenvalue weighted by Gasteiger charge is -2.18. The zero-order chi connectivity index (χ0) is 11.4. The Kier molecular flexibility index (Phi) is 4.38. The maximum Gasteiger partial charge on any atom is 0.0327 e. The summed E-state index contributed by atoms with van der Waals surface area (Å²) in [6.45, 7) is 5.74. The van der Waals surface area contributed by atoms with Crippen LogP contribution in [0.15, 0.2) is 11.4 Å². The van der Waals surface area contributed by atoms with Crippen LogP contribution in [0, 0.1) is 6.92 Å². The van der Waals surface area contributed by atoms with E-state index in [1.54, 1.807) is 0 Å². The van der Waals surface area contributed by atoms with Crippen LogP contribution >= 0.6 is 11.3 Å². The van der Waals surface area contributed by atoms with Gasteiger partial charge in [0.25, 0.3) is 0 Å². The fourth-order valence-corrected chi connectivity index (χ4v) is 3.25. The van der Waals surface area contributed by atoms with E-state index in [1.807, 2.05) is 11.3 Å². The lowest BCUT2D eigenvalue weighted by Crippen LogP contribution is -2.28. The van der Waals surface area contributed by atoms with E-state index in [2.05, 4.69) is 35.6 Å². The first-order valence-electron chi connectivity index (χ1n) is 6.20. The van der Waals surface area contributed by atoms with E-state index in [4.69, 9.17) is 0 Å². The lowest BCUT2D eigenvalue weighted by atomic mass is 10.1. The summed E-state index contributed by atoms with van der Waals surface area (Å²) in [5.74, 6) is 0. The topological polar surface area (TPSA) is 15.3 Å². The molecule has 1 aromatic heterocycles. The van der Waals surface area contributed by atoms with Crippen LogP contribution in [0.3, 0.4) is 0 Å². The first-order chi connectivity index (χ1) is 7.75. The molecule has 0 bridgehead atoms. The third kappa shape index (κ3) is 3.30. The smallest absolute Gasteiger partial charge is 0.0327 e. The van der Waals surface area contributed by atoms with E-state index >= 15 is 0 Å². The second-order valence-electron chi connectivity index (χ2n) is 4.85. The summed E-state index contributed by atoms with van der Waals surface area (Å²) in [6.07, 6.45) is 4.02. The maximum atomic E-state index is 3.56. The van der Waals surface area contributed by atoms with Gasteiger partial charge in [0.05, 0.1) is 0 Å². The molecule has 0 amide bonds. The second kappa shape index (κ2) is 5.80. The quantitative estimate of drug-likeness (QED) is 0.848. The zero-order valence-corrected chi connectivity index (χ0v) is 11.1. The molecule has 16 heavy (non-hydrogen) atoms. The first-order valence-corrected chi connectivity index (χ1v) is 7.08. The lowest BCUT2D eigenvalue weighted by molar-refractivity contribution is 0.307. The molecule has 0 aliphatic carbocycles. The van der Waals surface area contributed by atoms with Gasteiger partial charge in [0, 0.05) is 17.5 Å². The van der Waals surface area contributed by atoms with Crippen molar-refractivity contribution in [2.75, 3.05) is 20.1 Å². The molecule has 1 aliphatic heterocycles. The predicted octanol–water partition coefficient (Wildman–Crippen LogP) is 2.63. The summed E-state index contributed by atoms with van der Waals surface area (Å²) in [5, 5.41) is 5.75. The van der Waals surface area contributed by atoms with Crippen LogP contribution in [0.5, 0.6) is 0 Å². The van der Waals surface area contributed by atoms with Gasteiger partial charge in [0.15, 0.2) is 0 Å². The van der Waals surface area contributed by atoms with E-state index in [1.165, 1.54) is 42.8 Å². The molecular formula is C13H22N2S. The summed E-state index contributed by atoms with van der Waals surface area (Å²) in [7, 11) is 2.23. The van der Waals surface area contributed by atoms with Gasteiger partial charge in [-0.25, -0.2) is 0 Å². The second-order valence-corrected chi connectivity index (χ2v) is 5.85. The number of aryl methyl sites for hydroxylation is 1. The SMILES string of the molecule is Cc1ccsc1CN(C)CCC1CCCN1. The van der Waals surface area contributed by atoms with Gasteiger partial charge in [-0.3, -0.25) is 0 Å². The molecule has 1 fully saturated rings. The number of hydrogen-bond donors (Lipinski definition) is 1. The van der Waals surface area contributed by atoms with Crippen molar-refractivity contribution in [2.24, 2.45) is 0 Å². The van der Waals surface area contributed by atoms with Gasteiger partial charge in [0.1, 0.15) is 0 Å². The monoisotopic (exact) mass is 238 g/mol. The Morgan fingerprint density at radius 1 is 1.56 bits per heavy atom. The van der Waals surface area contributed by atoms with Crippen LogP contribution in [-0.2, 0) is 6.54 Å². The molecule has 90 valence electrons. The third-order valence-electron chi connectivity index (χ3n) is 3.40. The molecule has 0 aromatic carbocycles. The molecule has 0 saturated carbocycles. The number of thiophene rings is 1. The van der Waals surface area contributed by atoms with Crippen molar-refractivity contribution < 1.29 is 0 Å². The highest BCUT2D eigenvalue weighted by molar-refractivity contribution is 7.10. The molecule has 0 spiro atoms. The average Bonchev–Trinajstić information content (AvgIpc) is 2.88. The van der Waals surface area contributed by atoms with Gasteiger partial charge < -0.3 is 10.2 Å². The van der Waals surface area contributed by atoms with Gasteiger partial charge in [-0.05, 0) is 63.3 Å². The Morgan fingerprint density at radius 2 is 2.44 bits per heavy atom. The largest absolute Gasteiger partial charge is 0.314 e. The minimum Gasteiger partial charge on any atom is -0.314 e. The molecule has 2 nitrogen and oxygen atoms in total. The van der Waals surface area contributed by atoms with Crippen molar-refractivity contribution in [2.45, 2.75) is 38.8 Å². The number of hydrogen-bond acceptors (Lipinski definition) is 3. The van der Waals surface area contributed by atoms with Crippen LogP contribution in [0.1, 0.15) is 29.7 Å². The maximum absolute atomic E-state index is 3.56. The summed E-state index contributed by atoms with van der Waals surface area (Å²) in [4.78, 5) is 3.96. The first kappa shape index (κ1) is 12.1. The third-order valence-corrected chi connectivity index (χ3v) is 4.41. The highest BCUT2D eigenvalue weighted by atomic mass is 32.1. The fourth-order valence-electron chi connectivity index (χ4n) is 2.27. The van der Waals surface area contributed by atoms with Crippen LogP contribution in [0.25, 0.3) is 0 Å². The van der Waals surface area contributed by atoms with Gasteiger partial charge in [-0.15, -0.1) is 11.3 Å². The normalized spacial score (nSPS) is 20.8. The van der Waals surface area contributed by atoms with Crippen molar-refractivity contribution in [1.82, 2.24) is 10.2 Å². The minimum atomic E-state index is 0.770. The van der Waals surface area contributed by atoms with Gasteiger partial charge >= 0.3 is 0 Å². The molecule has 0 radical (unpaired) electrons. The van der Waals surface area contributed by atoms with Crippen molar-refractivity contribution in [3.8, 4) is 0 Å². The number of nitrogens with one attached hydrogen (secondary N) is 1. The standard InChI is InChI=1S/C13H22N2S/c1-11-6-9-16-13(11)10-15(2)8-5-12-4-3-7-14-12/h6,9,12,14H,3-5,7-8,10H2,1-2H3. The highest BCUT2D eigenvalue weighted by Crippen LogP contribution is 2.17. The molecule has 3 heteroatoms. The number of nitrogens with zero attached hydrogens (tertiary/aromatic N) is 1. The van der Waals surface area contributed by atoms with E-state index < -0.39 is 0 Å². The van der Waals surface area contributed by atoms with Crippen molar-refractivity contribution in [1.29, 1.82) is 0 Å². The molecule has 1 aromatic rings. The Hall–Kier alpha value is -0.380. The van der Waals surface area contributed by atoms with Crippen molar-refractivity contribution >= 4 is 11.3 Å². The van der Waals surface area contributed by atoms with Gasteiger partial charge in [-0.1, -0.05) is 0 Å². The zero-order valence-electron chi connectivity index (χ0n) is 10.3. The van der Waals surface area contributed by atoms with E-state index in [0.29, 0.717) is 0 Å². The van der Waals surface area contributed by atoms with Crippen LogP contribution in [0.4, 0.5) is 0 Å². The average molecular weight is 238 g/mol. The highest BCUT2D eigenvalue weighted by Gasteiger charge is 2.14. The van der Waals surface area contributed by atoms with E-state index in [-0.39, 0.29) is 0 Å². The summed E-state index contributed by atoms with van der Waals surface area (Å²) >= 11 is 1.88. The van der Waals surface area contributed by atoms with E-state index in [9.17, 15) is 0 Å². The minimum absolute atomic E-state index is 0.770. The van der Waals surface area contributed by atoms with Crippen LogP contribution in [-0.4, -0.2) is 31.1 Å². The molecule has 1 N–H and O–H groups in total. The molecule has 2 rings (SSSR count). The Bertz CT molecular complexity index is 315. The molecule has 1 aliphatic rings. The Morgan fingerprint density at radius 3 is 3.06 bits per heavy atom. The van der Waals surface area contributed by atoms with Crippen LogP contribution < -0.4 is 5.32 Å². The van der Waals surface area contributed by atoms with Gasteiger partial charge in [-0.2, -0.15) is 0 Å². The molecule has 2 heterocycles. The van der Waals surface area contributed by atoms with Crippen molar-refractivity contribution in [3.63, 3.8) is 0 Å². The summed E-state index contributed by atoms with van der Waals surface area (Å²) < 4.78 is 0. The molecular weight excluding hydrogens is 216 g/mol. The van der Waals surface area contributed by atoms with Crippen molar-refractivity contribution in [3.05, 3.63) is 21.9 Å².